The van der Waals surface area contributed by atoms with E-state index in [-0.39, 0.29) is 11.8 Å². The Labute approximate surface area is 129 Å². The van der Waals surface area contributed by atoms with Crippen LogP contribution in [0.4, 0.5) is 5.69 Å². The zero-order valence-electron chi connectivity index (χ0n) is 11.9. The molecule has 1 heterocycles. The molecule has 21 heavy (non-hydrogen) atoms. The van der Waals surface area contributed by atoms with E-state index in [9.17, 15) is 5.11 Å². The fourth-order valence-electron chi connectivity index (χ4n) is 2.71. The maximum Gasteiger partial charge on any atom is 0.134 e. The standard InChI is InChI=1S/C17H18ClNO2/c1-11-4-2-5-13-15(6-3-9-21-17(11)13)19-12-7-8-16(20)14(18)10-12/h2,4-5,7-8,10,15,19-20H,3,6,9H2,1H3. The highest BCUT2D eigenvalue weighted by molar-refractivity contribution is 6.32. The molecule has 0 aliphatic carbocycles. The second kappa shape index (κ2) is 5.86. The molecule has 1 aliphatic rings. The SMILES string of the molecule is Cc1cccc2c1OCCCC2Nc1ccc(O)c(Cl)c1. The van der Waals surface area contributed by atoms with Crippen LogP contribution in [-0.4, -0.2) is 11.7 Å². The Balaban J connectivity index is 1.92. The van der Waals surface area contributed by atoms with Crippen LogP contribution in [0.1, 0.15) is 30.0 Å². The van der Waals surface area contributed by atoms with E-state index < -0.39 is 0 Å². The number of phenols is 1. The average Bonchev–Trinajstić information content (AvgIpc) is 2.67. The van der Waals surface area contributed by atoms with Crippen LogP contribution in [-0.2, 0) is 0 Å². The Morgan fingerprint density at radius 1 is 1.29 bits per heavy atom. The first-order chi connectivity index (χ1) is 10.1. The number of fused-ring (bicyclic) bond motifs is 1. The van der Waals surface area contributed by atoms with Crippen LogP contribution >= 0.6 is 11.6 Å². The van der Waals surface area contributed by atoms with E-state index in [1.54, 1.807) is 12.1 Å². The van der Waals surface area contributed by atoms with Crippen molar-refractivity contribution >= 4 is 17.3 Å². The number of benzene rings is 2. The second-order valence-corrected chi connectivity index (χ2v) is 5.75. The summed E-state index contributed by atoms with van der Waals surface area (Å²) in [6.07, 6.45) is 1.99. The number of rotatable bonds is 2. The van der Waals surface area contributed by atoms with Crippen LogP contribution in [0, 0.1) is 6.92 Å². The Morgan fingerprint density at radius 3 is 2.95 bits per heavy atom. The third kappa shape index (κ3) is 2.93. The molecule has 3 rings (SSSR count). The van der Waals surface area contributed by atoms with Crippen LogP contribution in [0.5, 0.6) is 11.5 Å². The molecule has 0 spiro atoms. The molecule has 1 atom stereocenters. The number of phenolic OH excluding ortho intramolecular Hbond substituents is 1. The van der Waals surface area contributed by atoms with Crippen molar-refractivity contribution in [2.45, 2.75) is 25.8 Å². The lowest BCUT2D eigenvalue weighted by atomic mass is 9.99. The predicted octanol–water partition coefficient (Wildman–Crippen LogP) is 4.68. The Hall–Kier alpha value is -1.87. The summed E-state index contributed by atoms with van der Waals surface area (Å²) in [5.74, 6) is 1.08. The van der Waals surface area contributed by atoms with Crippen LogP contribution < -0.4 is 10.1 Å². The van der Waals surface area contributed by atoms with E-state index in [0.29, 0.717) is 5.02 Å². The van der Waals surface area contributed by atoms with Gasteiger partial charge >= 0.3 is 0 Å². The number of para-hydroxylation sites is 1. The van der Waals surface area contributed by atoms with Crippen LogP contribution in [0.25, 0.3) is 0 Å². The van der Waals surface area contributed by atoms with Gasteiger partial charge < -0.3 is 15.2 Å². The predicted molar refractivity (Wildman–Crippen MR) is 85.4 cm³/mol. The molecule has 0 amide bonds. The maximum absolute atomic E-state index is 9.51. The minimum atomic E-state index is 0.0997. The quantitative estimate of drug-likeness (QED) is 0.792. The molecule has 2 aromatic carbocycles. The molecule has 4 heteroatoms. The van der Waals surface area contributed by atoms with Crippen molar-refractivity contribution in [1.82, 2.24) is 0 Å². The lowest BCUT2D eigenvalue weighted by molar-refractivity contribution is 0.314. The Morgan fingerprint density at radius 2 is 2.14 bits per heavy atom. The molecule has 0 radical (unpaired) electrons. The van der Waals surface area contributed by atoms with Gasteiger partial charge in [-0.05, 0) is 43.5 Å². The summed E-state index contributed by atoms with van der Waals surface area (Å²) >= 11 is 5.97. The zero-order valence-corrected chi connectivity index (χ0v) is 12.7. The molecular formula is C17H18ClNO2. The highest BCUT2D eigenvalue weighted by Crippen LogP contribution is 2.37. The summed E-state index contributed by atoms with van der Waals surface area (Å²) < 4.78 is 5.88. The smallest absolute Gasteiger partial charge is 0.134 e. The van der Waals surface area contributed by atoms with Gasteiger partial charge in [0.05, 0.1) is 17.7 Å². The van der Waals surface area contributed by atoms with Crippen molar-refractivity contribution in [1.29, 1.82) is 0 Å². The third-order valence-electron chi connectivity index (χ3n) is 3.79. The molecule has 2 N–H and O–H groups in total. The molecule has 0 saturated carbocycles. The number of hydrogen-bond donors (Lipinski definition) is 2. The number of aryl methyl sites for hydroxylation is 1. The van der Waals surface area contributed by atoms with Crippen molar-refractivity contribution in [3.8, 4) is 11.5 Å². The highest BCUT2D eigenvalue weighted by Gasteiger charge is 2.21. The molecule has 0 aromatic heterocycles. The number of aromatic hydroxyl groups is 1. The lowest BCUT2D eigenvalue weighted by Crippen LogP contribution is -2.10. The summed E-state index contributed by atoms with van der Waals surface area (Å²) in [4.78, 5) is 0. The van der Waals surface area contributed by atoms with Crippen LogP contribution in [0.15, 0.2) is 36.4 Å². The van der Waals surface area contributed by atoms with Gasteiger partial charge in [0, 0.05) is 11.3 Å². The third-order valence-corrected chi connectivity index (χ3v) is 4.09. The van der Waals surface area contributed by atoms with Gasteiger partial charge in [0.25, 0.3) is 0 Å². The molecule has 0 fully saturated rings. The van der Waals surface area contributed by atoms with E-state index in [1.807, 2.05) is 6.07 Å². The van der Waals surface area contributed by atoms with E-state index in [1.165, 1.54) is 5.56 Å². The normalized spacial score (nSPS) is 17.5. The summed E-state index contributed by atoms with van der Waals surface area (Å²) in [5.41, 5.74) is 3.23. The molecule has 110 valence electrons. The number of anilines is 1. The number of nitrogens with one attached hydrogen (secondary N) is 1. The number of ether oxygens (including phenoxy) is 1. The number of hydrogen-bond acceptors (Lipinski definition) is 3. The molecule has 0 bridgehead atoms. The molecule has 2 aromatic rings. The minimum Gasteiger partial charge on any atom is -0.506 e. The van der Waals surface area contributed by atoms with Gasteiger partial charge in [-0.15, -0.1) is 0 Å². The van der Waals surface area contributed by atoms with Gasteiger partial charge in [-0.3, -0.25) is 0 Å². The lowest BCUT2D eigenvalue weighted by Gasteiger charge is -2.20. The monoisotopic (exact) mass is 303 g/mol. The first-order valence-electron chi connectivity index (χ1n) is 7.12. The van der Waals surface area contributed by atoms with E-state index in [2.05, 4.69) is 30.4 Å². The van der Waals surface area contributed by atoms with Crippen molar-refractivity contribution < 1.29 is 9.84 Å². The van der Waals surface area contributed by atoms with E-state index >= 15 is 0 Å². The van der Waals surface area contributed by atoms with Crippen molar-refractivity contribution in [2.24, 2.45) is 0 Å². The van der Waals surface area contributed by atoms with Crippen LogP contribution in [0.3, 0.4) is 0 Å². The molecule has 1 unspecified atom stereocenters. The summed E-state index contributed by atoms with van der Waals surface area (Å²) in [7, 11) is 0. The van der Waals surface area contributed by atoms with Gasteiger partial charge in [0.2, 0.25) is 0 Å². The summed E-state index contributed by atoms with van der Waals surface area (Å²) in [6.45, 7) is 2.81. The molecule has 3 nitrogen and oxygen atoms in total. The summed E-state index contributed by atoms with van der Waals surface area (Å²) in [6, 6.07) is 11.6. The van der Waals surface area contributed by atoms with Gasteiger partial charge in [0.15, 0.2) is 0 Å². The fraction of sp³-hybridized carbons (Fsp3) is 0.294. The minimum absolute atomic E-state index is 0.0997. The molecular weight excluding hydrogens is 286 g/mol. The second-order valence-electron chi connectivity index (χ2n) is 5.35. The van der Waals surface area contributed by atoms with Gasteiger partial charge in [-0.25, -0.2) is 0 Å². The zero-order chi connectivity index (χ0) is 14.8. The highest BCUT2D eigenvalue weighted by atomic mass is 35.5. The number of halogens is 1. The topological polar surface area (TPSA) is 41.5 Å². The first kappa shape index (κ1) is 14.1. The van der Waals surface area contributed by atoms with Gasteiger partial charge in [-0.1, -0.05) is 29.8 Å². The summed E-state index contributed by atoms with van der Waals surface area (Å²) in [5, 5.41) is 13.4. The first-order valence-corrected chi connectivity index (χ1v) is 7.50. The Bertz CT molecular complexity index is 657. The average molecular weight is 304 g/mol. The van der Waals surface area contributed by atoms with Crippen molar-refractivity contribution in [2.75, 3.05) is 11.9 Å². The van der Waals surface area contributed by atoms with Crippen molar-refractivity contribution in [3.05, 3.63) is 52.5 Å². The molecule has 0 saturated heterocycles. The Kier molecular flexibility index (Phi) is 3.93. The molecule has 1 aliphatic heterocycles. The van der Waals surface area contributed by atoms with Crippen LogP contribution in [0.2, 0.25) is 5.02 Å². The fourth-order valence-corrected chi connectivity index (χ4v) is 2.89. The largest absolute Gasteiger partial charge is 0.506 e. The van der Waals surface area contributed by atoms with E-state index in [0.717, 1.165) is 36.4 Å². The maximum atomic E-state index is 9.51. The van der Waals surface area contributed by atoms with Crippen molar-refractivity contribution in [3.63, 3.8) is 0 Å². The van der Waals surface area contributed by atoms with Gasteiger partial charge in [-0.2, -0.15) is 0 Å². The van der Waals surface area contributed by atoms with E-state index in [4.69, 9.17) is 16.3 Å². The van der Waals surface area contributed by atoms with Gasteiger partial charge in [0.1, 0.15) is 11.5 Å².